The lowest BCUT2D eigenvalue weighted by atomic mass is 10.0. The molecular formula is C14H19BrN2O. The molecule has 2 rings (SSSR count). The maximum absolute atomic E-state index is 12.2. The van der Waals surface area contributed by atoms with Crippen LogP contribution in [0.3, 0.4) is 0 Å². The van der Waals surface area contributed by atoms with Crippen LogP contribution in [0.4, 0.5) is 0 Å². The van der Waals surface area contributed by atoms with Crippen molar-refractivity contribution in [2.75, 3.05) is 6.54 Å². The highest BCUT2D eigenvalue weighted by molar-refractivity contribution is 9.10. The van der Waals surface area contributed by atoms with Gasteiger partial charge in [0.1, 0.15) is 0 Å². The first-order chi connectivity index (χ1) is 8.59. The first kappa shape index (κ1) is 13.6. The quantitative estimate of drug-likeness (QED) is 0.901. The van der Waals surface area contributed by atoms with Gasteiger partial charge in [0.05, 0.1) is 12.1 Å². The summed E-state index contributed by atoms with van der Waals surface area (Å²) in [4.78, 5) is 12.2. The van der Waals surface area contributed by atoms with Crippen LogP contribution in [0, 0.1) is 5.92 Å². The van der Waals surface area contributed by atoms with Crippen LogP contribution in [0.25, 0.3) is 0 Å². The van der Waals surface area contributed by atoms with E-state index in [1.165, 1.54) is 0 Å². The molecule has 2 unspecified atom stereocenters. The molecule has 3 nitrogen and oxygen atoms in total. The Labute approximate surface area is 116 Å². The minimum atomic E-state index is -0.0464. The van der Waals surface area contributed by atoms with E-state index in [0.29, 0.717) is 5.92 Å². The molecule has 0 saturated carbocycles. The molecule has 2 N–H and O–H groups in total. The molecule has 1 heterocycles. The number of nitrogens with one attached hydrogen (secondary N) is 2. The van der Waals surface area contributed by atoms with Gasteiger partial charge in [-0.1, -0.05) is 41.1 Å². The summed E-state index contributed by atoms with van der Waals surface area (Å²) in [6.45, 7) is 5.06. The Morgan fingerprint density at radius 3 is 2.83 bits per heavy atom. The Bertz CT molecular complexity index is 436. The summed E-state index contributed by atoms with van der Waals surface area (Å²) < 4.78 is 1.03. The molecule has 0 bridgehead atoms. The molecule has 1 fully saturated rings. The Morgan fingerprint density at radius 2 is 2.22 bits per heavy atom. The molecule has 0 radical (unpaired) electrons. The summed E-state index contributed by atoms with van der Waals surface area (Å²) >= 11 is 3.52. The van der Waals surface area contributed by atoms with E-state index in [4.69, 9.17) is 0 Å². The van der Waals surface area contributed by atoms with Gasteiger partial charge in [-0.3, -0.25) is 4.79 Å². The number of amides is 1. The van der Waals surface area contributed by atoms with E-state index in [2.05, 4.69) is 33.5 Å². The van der Waals surface area contributed by atoms with E-state index in [1.807, 2.05) is 31.2 Å². The molecule has 0 spiro atoms. The van der Waals surface area contributed by atoms with E-state index in [9.17, 15) is 4.79 Å². The average Bonchev–Trinajstić information content (AvgIpc) is 2.76. The number of carbonyl (C=O) groups is 1. The van der Waals surface area contributed by atoms with Crippen molar-refractivity contribution in [3.8, 4) is 0 Å². The third-order valence-corrected chi connectivity index (χ3v) is 4.27. The molecule has 18 heavy (non-hydrogen) atoms. The molecular weight excluding hydrogens is 292 g/mol. The van der Waals surface area contributed by atoms with Gasteiger partial charge in [0, 0.05) is 4.47 Å². The standard InChI is InChI=1S/C14H19BrN2O/c1-9-7-8-16-13(9)14(18)17-10(2)11-5-3-4-6-12(11)15/h3-6,9-10,13,16H,7-8H2,1-2H3,(H,17,18)/t9?,10-,13?/m0/s1. The van der Waals surface area contributed by atoms with Gasteiger partial charge in [0.2, 0.25) is 5.91 Å². The molecule has 98 valence electrons. The summed E-state index contributed by atoms with van der Waals surface area (Å²) in [5.74, 6) is 0.514. The summed E-state index contributed by atoms with van der Waals surface area (Å²) in [5, 5.41) is 6.33. The molecule has 3 atom stereocenters. The van der Waals surface area contributed by atoms with Crippen LogP contribution in [-0.4, -0.2) is 18.5 Å². The van der Waals surface area contributed by atoms with Crippen molar-refractivity contribution in [2.24, 2.45) is 5.92 Å². The monoisotopic (exact) mass is 310 g/mol. The molecule has 1 amide bonds. The highest BCUT2D eigenvalue weighted by Gasteiger charge is 2.30. The second kappa shape index (κ2) is 5.85. The fraction of sp³-hybridized carbons (Fsp3) is 0.500. The number of rotatable bonds is 3. The number of hydrogen-bond acceptors (Lipinski definition) is 2. The molecule has 1 aliphatic rings. The molecule has 0 aromatic heterocycles. The Hall–Kier alpha value is -0.870. The van der Waals surface area contributed by atoms with Crippen molar-refractivity contribution < 1.29 is 4.79 Å². The van der Waals surface area contributed by atoms with Gasteiger partial charge < -0.3 is 10.6 Å². The maximum atomic E-state index is 12.2. The Balaban J connectivity index is 2.01. The van der Waals surface area contributed by atoms with Gasteiger partial charge >= 0.3 is 0 Å². The van der Waals surface area contributed by atoms with Crippen LogP contribution in [0.5, 0.6) is 0 Å². The van der Waals surface area contributed by atoms with Crippen LogP contribution in [0.2, 0.25) is 0 Å². The van der Waals surface area contributed by atoms with Crippen LogP contribution < -0.4 is 10.6 Å². The van der Waals surface area contributed by atoms with Crippen LogP contribution in [-0.2, 0) is 4.79 Å². The predicted octanol–water partition coefficient (Wildman–Crippen LogP) is 2.62. The zero-order valence-electron chi connectivity index (χ0n) is 10.7. The van der Waals surface area contributed by atoms with Gasteiger partial charge in [-0.2, -0.15) is 0 Å². The molecule has 1 aromatic rings. The number of hydrogen-bond donors (Lipinski definition) is 2. The fourth-order valence-corrected chi connectivity index (χ4v) is 3.02. The summed E-state index contributed by atoms with van der Waals surface area (Å²) in [5.41, 5.74) is 1.11. The molecule has 1 saturated heterocycles. The third kappa shape index (κ3) is 2.93. The van der Waals surface area contributed by atoms with Crippen molar-refractivity contribution in [1.29, 1.82) is 0 Å². The van der Waals surface area contributed by atoms with Crippen LogP contribution >= 0.6 is 15.9 Å². The van der Waals surface area contributed by atoms with Gasteiger partial charge in [-0.05, 0) is 37.4 Å². The summed E-state index contributed by atoms with van der Waals surface area (Å²) in [6.07, 6.45) is 1.07. The van der Waals surface area contributed by atoms with E-state index < -0.39 is 0 Å². The van der Waals surface area contributed by atoms with Crippen molar-refractivity contribution >= 4 is 21.8 Å². The third-order valence-electron chi connectivity index (χ3n) is 3.55. The highest BCUT2D eigenvalue weighted by atomic mass is 79.9. The van der Waals surface area contributed by atoms with E-state index >= 15 is 0 Å². The maximum Gasteiger partial charge on any atom is 0.237 e. The van der Waals surface area contributed by atoms with E-state index in [-0.39, 0.29) is 18.0 Å². The summed E-state index contributed by atoms with van der Waals surface area (Å²) in [7, 11) is 0. The minimum Gasteiger partial charge on any atom is -0.348 e. The fourth-order valence-electron chi connectivity index (χ4n) is 2.39. The van der Waals surface area contributed by atoms with E-state index in [0.717, 1.165) is 23.0 Å². The largest absolute Gasteiger partial charge is 0.348 e. The van der Waals surface area contributed by atoms with E-state index in [1.54, 1.807) is 0 Å². The molecule has 1 aliphatic heterocycles. The van der Waals surface area contributed by atoms with Gasteiger partial charge in [-0.15, -0.1) is 0 Å². The number of halogens is 1. The Morgan fingerprint density at radius 1 is 1.50 bits per heavy atom. The molecule has 4 heteroatoms. The van der Waals surface area contributed by atoms with Crippen molar-refractivity contribution in [1.82, 2.24) is 10.6 Å². The lowest BCUT2D eigenvalue weighted by Gasteiger charge is -2.20. The Kier molecular flexibility index (Phi) is 4.40. The molecule has 1 aromatic carbocycles. The first-order valence-electron chi connectivity index (χ1n) is 6.37. The topological polar surface area (TPSA) is 41.1 Å². The average molecular weight is 311 g/mol. The van der Waals surface area contributed by atoms with Crippen molar-refractivity contribution in [3.05, 3.63) is 34.3 Å². The number of carbonyl (C=O) groups excluding carboxylic acids is 1. The first-order valence-corrected chi connectivity index (χ1v) is 7.17. The zero-order valence-corrected chi connectivity index (χ0v) is 12.3. The van der Waals surface area contributed by atoms with Gasteiger partial charge in [-0.25, -0.2) is 0 Å². The second-order valence-electron chi connectivity index (χ2n) is 4.95. The normalized spacial score (nSPS) is 24.8. The minimum absolute atomic E-state index is 0.0164. The van der Waals surface area contributed by atoms with Gasteiger partial charge in [0.15, 0.2) is 0 Å². The summed E-state index contributed by atoms with van der Waals surface area (Å²) in [6, 6.07) is 7.95. The lowest BCUT2D eigenvalue weighted by Crippen LogP contribution is -2.44. The van der Waals surface area contributed by atoms with Crippen LogP contribution in [0.15, 0.2) is 28.7 Å². The SMILES string of the molecule is CC1CCNC1C(=O)N[C@@H](C)c1ccccc1Br. The van der Waals surface area contributed by atoms with Crippen molar-refractivity contribution in [2.45, 2.75) is 32.4 Å². The highest BCUT2D eigenvalue weighted by Crippen LogP contribution is 2.23. The smallest absolute Gasteiger partial charge is 0.237 e. The van der Waals surface area contributed by atoms with Crippen LogP contribution in [0.1, 0.15) is 31.9 Å². The second-order valence-corrected chi connectivity index (χ2v) is 5.80. The van der Waals surface area contributed by atoms with Gasteiger partial charge in [0.25, 0.3) is 0 Å². The van der Waals surface area contributed by atoms with Crippen molar-refractivity contribution in [3.63, 3.8) is 0 Å². The lowest BCUT2D eigenvalue weighted by molar-refractivity contribution is -0.124. The number of benzene rings is 1. The zero-order chi connectivity index (χ0) is 13.1. The predicted molar refractivity (Wildman–Crippen MR) is 76.3 cm³/mol. The molecule has 0 aliphatic carbocycles.